The van der Waals surface area contributed by atoms with E-state index in [1.165, 1.54) is 22.5 Å². The number of halogens is 1. The Bertz CT molecular complexity index is 1020. The number of nitrogens with zero attached hydrogens (tertiary/aromatic N) is 4. The lowest BCUT2D eigenvalue weighted by atomic mass is 10.3. The van der Waals surface area contributed by atoms with Crippen molar-refractivity contribution in [2.24, 2.45) is 0 Å². The van der Waals surface area contributed by atoms with Crippen LogP contribution < -0.4 is 4.90 Å². The molecule has 1 aliphatic rings. The summed E-state index contributed by atoms with van der Waals surface area (Å²) in [6, 6.07) is 12.9. The van der Waals surface area contributed by atoms with E-state index in [9.17, 15) is 12.8 Å². The second-order valence-electron chi connectivity index (χ2n) is 6.10. The first-order valence-corrected chi connectivity index (χ1v) is 10.7. The van der Waals surface area contributed by atoms with Crippen molar-refractivity contribution in [3.8, 4) is 10.6 Å². The quantitative estimate of drug-likeness (QED) is 0.669. The van der Waals surface area contributed by atoms with Crippen LogP contribution in [-0.4, -0.2) is 49.1 Å². The summed E-state index contributed by atoms with van der Waals surface area (Å²) >= 11 is 1.60. The number of piperazine rings is 1. The highest BCUT2D eigenvalue weighted by atomic mass is 32.2. The maximum Gasteiger partial charge on any atom is 0.243 e. The fourth-order valence-electron chi connectivity index (χ4n) is 2.98. The summed E-state index contributed by atoms with van der Waals surface area (Å²) in [5.41, 5.74) is 0.820. The van der Waals surface area contributed by atoms with Gasteiger partial charge in [-0.1, -0.05) is 12.1 Å². The Morgan fingerprint density at radius 1 is 0.963 bits per heavy atom. The van der Waals surface area contributed by atoms with Crippen LogP contribution in [0.5, 0.6) is 0 Å². The average molecular weight is 404 g/mol. The smallest absolute Gasteiger partial charge is 0.243 e. The van der Waals surface area contributed by atoms with Crippen molar-refractivity contribution >= 4 is 27.2 Å². The van der Waals surface area contributed by atoms with E-state index in [-0.39, 0.29) is 4.90 Å². The van der Waals surface area contributed by atoms with E-state index >= 15 is 0 Å². The predicted octanol–water partition coefficient (Wildman–Crippen LogP) is 2.86. The molecule has 1 aromatic carbocycles. The topological polar surface area (TPSA) is 66.4 Å². The summed E-state index contributed by atoms with van der Waals surface area (Å²) in [5.74, 6) is 0.161. The zero-order valence-corrected chi connectivity index (χ0v) is 16.0. The van der Waals surface area contributed by atoms with Crippen LogP contribution in [-0.2, 0) is 10.0 Å². The molecule has 0 bridgehead atoms. The standard InChI is InChI=1S/C18H17FN4O2S2/c19-14-3-1-4-15(13-14)27(24,25)23-10-8-22(9-11-23)18-7-6-16(20-21-18)17-5-2-12-26-17/h1-7,12-13H,8-11H2. The van der Waals surface area contributed by atoms with Gasteiger partial charge in [0, 0.05) is 26.2 Å². The Morgan fingerprint density at radius 2 is 1.78 bits per heavy atom. The lowest BCUT2D eigenvalue weighted by molar-refractivity contribution is 0.383. The Labute approximate surface area is 160 Å². The van der Waals surface area contributed by atoms with Crippen LogP contribution in [0.3, 0.4) is 0 Å². The number of aromatic nitrogens is 2. The summed E-state index contributed by atoms with van der Waals surface area (Å²) in [7, 11) is -3.69. The molecule has 140 valence electrons. The van der Waals surface area contributed by atoms with Crippen LogP contribution in [0.15, 0.2) is 58.8 Å². The van der Waals surface area contributed by atoms with Crippen molar-refractivity contribution in [1.82, 2.24) is 14.5 Å². The molecule has 1 saturated heterocycles. The Hall–Kier alpha value is -2.36. The lowest BCUT2D eigenvalue weighted by Gasteiger charge is -2.34. The van der Waals surface area contributed by atoms with Crippen molar-refractivity contribution in [2.75, 3.05) is 31.1 Å². The van der Waals surface area contributed by atoms with Crippen LogP contribution in [0.25, 0.3) is 10.6 Å². The molecule has 1 fully saturated rings. The van der Waals surface area contributed by atoms with Gasteiger partial charge in [0.2, 0.25) is 10.0 Å². The first kappa shape index (κ1) is 18.0. The van der Waals surface area contributed by atoms with Crippen LogP contribution in [0.4, 0.5) is 10.2 Å². The molecule has 0 aliphatic carbocycles. The third-order valence-corrected chi connectivity index (χ3v) is 7.21. The first-order chi connectivity index (χ1) is 13.0. The van der Waals surface area contributed by atoms with Crippen molar-refractivity contribution in [3.63, 3.8) is 0 Å². The fraction of sp³-hybridized carbons (Fsp3) is 0.222. The molecular weight excluding hydrogens is 387 g/mol. The van der Waals surface area contributed by atoms with Crippen LogP contribution in [0, 0.1) is 5.82 Å². The van der Waals surface area contributed by atoms with E-state index in [1.54, 1.807) is 11.3 Å². The number of sulfonamides is 1. The van der Waals surface area contributed by atoms with E-state index in [0.717, 1.165) is 22.5 Å². The zero-order chi connectivity index (χ0) is 18.9. The molecule has 0 radical (unpaired) electrons. The molecule has 0 N–H and O–H groups in total. The van der Waals surface area contributed by atoms with E-state index in [4.69, 9.17) is 0 Å². The maximum absolute atomic E-state index is 13.4. The van der Waals surface area contributed by atoms with Crippen molar-refractivity contribution in [3.05, 3.63) is 59.7 Å². The zero-order valence-electron chi connectivity index (χ0n) is 14.3. The van der Waals surface area contributed by atoms with Gasteiger partial charge in [-0.2, -0.15) is 4.31 Å². The van der Waals surface area contributed by atoms with Gasteiger partial charge in [-0.05, 0) is 41.8 Å². The molecular formula is C18H17FN4O2S2. The Balaban J connectivity index is 1.44. The van der Waals surface area contributed by atoms with E-state index in [2.05, 4.69) is 10.2 Å². The second-order valence-corrected chi connectivity index (χ2v) is 8.99. The SMILES string of the molecule is O=S(=O)(c1cccc(F)c1)N1CCN(c2ccc(-c3cccs3)nn2)CC1. The van der Waals surface area contributed by atoms with Gasteiger partial charge in [-0.15, -0.1) is 21.5 Å². The molecule has 3 heterocycles. The highest BCUT2D eigenvalue weighted by Gasteiger charge is 2.29. The molecule has 0 atom stereocenters. The van der Waals surface area contributed by atoms with Gasteiger partial charge < -0.3 is 4.90 Å². The minimum atomic E-state index is -3.69. The summed E-state index contributed by atoms with van der Waals surface area (Å²) in [6.45, 7) is 1.63. The summed E-state index contributed by atoms with van der Waals surface area (Å²) in [5, 5.41) is 10.5. The van der Waals surface area contributed by atoms with Crippen molar-refractivity contribution < 1.29 is 12.8 Å². The number of anilines is 1. The van der Waals surface area contributed by atoms with Crippen LogP contribution in [0.1, 0.15) is 0 Å². The molecule has 2 aromatic heterocycles. The molecule has 0 unspecified atom stereocenters. The average Bonchev–Trinajstić information content (AvgIpc) is 3.23. The van der Waals surface area contributed by atoms with Gasteiger partial charge >= 0.3 is 0 Å². The first-order valence-electron chi connectivity index (χ1n) is 8.42. The lowest BCUT2D eigenvalue weighted by Crippen LogP contribution is -2.49. The minimum absolute atomic E-state index is 0.0176. The molecule has 0 amide bonds. The fourth-order valence-corrected chi connectivity index (χ4v) is 5.13. The van der Waals surface area contributed by atoms with Crippen molar-refractivity contribution in [2.45, 2.75) is 4.90 Å². The van der Waals surface area contributed by atoms with Gasteiger partial charge in [0.15, 0.2) is 5.82 Å². The molecule has 27 heavy (non-hydrogen) atoms. The molecule has 4 rings (SSSR count). The monoisotopic (exact) mass is 404 g/mol. The number of rotatable bonds is 4. The normalized spacial score (nSPS) is 15.8. The Morgan fingerprint density at radius 3 is 2.41 bits per heavy atom. The Kier molecular flexibility index (Phi) is 4.90. The van der Waals surface area contributed by atoms with E-state index in [0.29, 0.717) is 26.2 Å². The molecule has 9 heteroatoms. The number of thiophene rings is 1. The third-order valence-electron chi connectivity index (χ3n) is 4.42. The van der Waals surface area contributed by atoms with Gasteiger partial charge in [0.25, 0.3) is 0 Å². The molecule has 0 spiro atoms. The van der Waals surface area contributed by atoms with Gasteiger partial charge in [0.1, 0.15) is 11.5 Å². The molecule has 0 saturated carbocycles. The number of hydrogen-bond acceptors (Lipinski definition) is 6. The van der Waals surface area contributed by atoms with Gasteiger partial charge in [-0.3, -0.25) is 0 Å². The third kappa shape index (κ3) is 3.71. The minimum Gasteiger partial charge on any atom is -0.352 e. The van der Waals surface area contributed by atoms with E-state index < -0.39 is 15.8 Å². The molecule has 6 nitrogen and oxygen atoms in total. The van der Waals surface area contributed by atoms with Gasteiger partial charge in [-0.25, -0.2) is 12.8 Å². The van der Waals surface area contributed by atoms with Crippen LogP contribution >= 0.6 is 11.3 Å². The highest BCUT2D eigenvalue weighted by Crippen LogP contribution is 2.24. The summed E-state index contributed by atoms with van der Waals surface area (Å²) < 4.78 is 40.1. The summed E-state index contributed by atoms with van der Waals surface area (Å²) in [6.07, 6.45) is 0. The molecule has 1 aliphatic heterocycles. The van der Waals surface area contributed by atoms with E-state index in [1.807, 2.05) is 34.5 Å². The second kappa shape index (κ2) is 7.34. The maximum atomic E-state index is 13.4. The van der Waals surface area contributed by atoms with Crippen molar-refractivity contribution in [1.29, 1.82) is 0 Å². The predicted molar refractivity (Wildman–Crippen MR) is 103 cm³/mol. The number of hydrogen-bond donors (Lipinski definition) is 0. The summed E-state index contributed by atoms with van der Waals surface area (Å²) in [4.78, 5) is 3.04. The van der Waals surface area contributed by atoms with Crippen LogP contribution in [0.2, 0.25) is 0 Å². The largest absolute Gasteiger partial charge is 0.352 e. The van der Waals surface area contributed by atoms with Gasteiger partial charge in [0.05, 0.1) is 9.77 Å². The molecule has 3 aromatic rings. The highest BCUT2D eigenvalue weighted by molar-refractivity contribution is 7.89. The number of benzene rings is 1.